The second-order valence-corrected chi connectivity index (χ2v) is 6.19. The van der Waals surface area contributed by atoms with Crippen LogP contribution < -0.4 is 10.6 Å². The molecular weight excluding hydrogens is 254 g/mol. The van der Waals surface area contributed by atoms with Gasteiger partial charge in [0.1, 0.15) is 10.8 Å². The zero-order valence-corrected chi connectivity index (χ0v) is 12.6. The van der Waals surface area contributed by atoms with E-state index in [0.717, 1.165) is 17.9 Å². The SMILES string of the molecule is CC(C)CN(c1cc(C(N)=S)ccn1)C1CCCC1. The lowest BCUT2D eigenvalue weighted by atomic mass is 10.1. The van der Waals surface area contributed by atoms with Gasteiger partial charge in [-0.15, -0.1) is 0 Å². The molecule has 104 valence electrons. The number of hydrogen-bond donors (Lipinski definition) is 1. The van der Waals surface area contributed by atoms with Crippen LogP contribution in [-0.2, 0) is 0 Å². The van der Waals surface area contributed by atoms with Crippen molar-refractivity contribution >= 4 is 23.0 Å². The van der Waals surface area contributed by atoms with Crippen LogP contribution in [0.4, 0.5) is 5.82 Å². The van der Waals surface area contributed by atoms with Crippen molar-refractivity contribution in [1.82, 2.24) is 4.98 Å². The number of nitrogens with zero attached hydrogens (tertiary/aromatic N) is 2. The molecule has 1 aromatic heterocycles. The van der Waals surface area contributed by atoms with Gasteiger partial charge in [-0.2, -0.15) is 0 Å². The Bertz CT molecular complexity index is 439. The minimum Gasteiger partial charge on any atom is -0.389 e. The van der Waals surface area contributed by atoms with Crippen molar-refractivity contribution in [1.29, 1.82) is 0 Å². The lowest BCUT2D eigenvalue weighted by Gasteiger charge is -2.32. The van der Waals surface area contributed by atoms with Crippen molar-refractivity contribution in [2.24, 2.45) is 11.7 Å². The summed E-state index contributed by atoms with van der Waals surface area (Å²) in [7, 11) is 0. The third-order valence-electron chi connectivity index (χ3n) is 3.65. The fourth-order valence-corrected chi connectivity index (χ4v) is 2.89. The Kier molecular flexibility index (Phi) is 4.75. The fraction of sp³-hybridized carbons (Fsp3) is 0.600. The van der Waals surface area contributed by atoms with Gasteiger partial charge in [-0.1, -0.05) is 38.9 Å². The van der Waals surface area contributed by atoms with E-state index in [0.29, 0.717) is 16.9 Å². The minimum absolute atomic E-state index is 0.444. The number of anilines is 1. The Balaban J connectivity index is 2.25. The first kappa shape index (κ1) is 14.3. The van der Waals surface area contributed by atoms with Gasteiger partial charge in [-0.3, -0.25) is 0 Å². The smallest absolute Gasteiger partial charge is 0.129 e. The summed E-state index contributed by atoms with van der Waals surface area (Å²) in [5, 5.41) is 0. The molecule has 1 aliphatic rings. The molecule has 1 saturated carbocycles. The number of pyridine rings is 1. The summed E-state index contributed by atoms with van der Waals surface area (Å²) in [6.07, 6.45) is 7.01. The van der Waals surface area contributed by atoms with Gasteiger partial charge in [0.2, 0.25) is 0 Å². The molecule has 0 atom stereocenters. The summed E-state index contributed by atoms with van der Waals surface area (Å²) in [5.74, 6) is 1.64. The first-order valence-electron chi connectivity index (χ1n) is 7.10. The van der Waals surface area contributed by atoms with Gasteiger partial charge in [0.05, 0.1) is 0 Å². The standard InChI is InChI=1S/C15H23N3S/c1-11(2)10-18(13-5-3-4-6-13)14-9-12(15(16)19)7-8-17-14/h7-9,11,13H,3-6,10H2,1-2H3,(H2,16,19). The highest BCUT2D eigenvalue weighted by molar-refractivity contribution is 7.80. The number of rotatable bonds is 5. The first-order valence-corrected chi connectivity index (χ1v) is 7.51. The van der Waals surface area contributed by atoms with E-state index < -0.39 is 0 Å². The van der Waals surface area contributed by atoms with Gasteiger partial charge in [0.25, 0.3) is 0 Å². The zero-order chi connectivity index (χ0) is 13.8. The summed E-state index contributed by atoms with van der Waals surface area (Å²) in [5.41, 5.74) is 6.63. The van der Waals surface area contributed by atoms with E-state index in [2.05, 4.69) is 23.7 Å². The van der Waals surface area contributed by atoms with Crippen LogP contribution in [0, 0.1) is 5.92 Å². The monoisotopic (exact) mass is 277 g/mol. The molecule has 4 heteroatoms. The molecule has 0 saturated heterocycles. The van der Waals surface area contributed by atoms with Gasteiger partial charge in [-0.05, 0) is 30.9 Å². The number of nitrogens with two attached hydrogens (primary N) is 1. The molecule has 0 unspecified atom stereocenters. The molecule has 1 aliphatic carbocycles. The molecule has 1 fully saturated rings. The highest BCUT2D eigenvalue weighted by atomic mass is 32.1. The van der Waals surface area contributed by atoms with E-state index in [-0.39, 0.29) is 0 Å². The minimum atomic E-state index is 0.444. The second kappa shape index (κ2) is 6.33. The largest absolute Gasteiger partial charge is 0.389 e. The van der Waals surface area contributed by atoms with Crippen LogP contribution in [0.15, 0.2) is 18.3 Å². The maximum absolute atomic E-state index is 5.72. The number of hydrogen-bond acceptors (Lipinski definition) is 3. The first-order chi connectivity index (χ1) is 9.08. The van der Waals surface area contributed by atoms with E-state index in [9.17, 15) is 0 Å². The molecule has 2 rings (SSSR count). The van der Waals surface area contributed by atoms with E-state index in [4.69, 9.17) is 18.0 Å². The Morgan fingerprint density at radius 2 is 2.16 bits per heavy atom. The van der Waals surface area contributed by atoms with Gasteiger partial charge in [-0.25, -0.2) is 4.98 Å². The Morgan fingerprint density at radius 1 is 1.47 bits per heavy atom. The maximum Gasteiger partial charge on any atom is 0.129 e. The summed E-state index contributed by atoms with van der Waals surface area (Å²) in [6.45, 7) is 5.54. The molecule has 0 spiro atoms. The van der Waals surface area contributed by atoms with Crippen molar-refractivity contribution in [3.05, 3.63) is 23.9 Å². The van der Waals surface area contributed by atoms with Gasteiger partial charge in [0, 0.05) is 24.3 Å². The third-order valence-corrected chi connectivity index (χ3v) is 3.89. The predicted octanol–water partition coefficient (Wildman–Crippen LogP) is 3.12. The van der Waals surface area contributed by atoms with Crippen LogP contribution in [0.25, 0.3) is 0 Å². The normalized spacial score (nSPS) is 15.9. The van der Waals surface area contributed by atoms with Crippen molar-refractivity contribution in [2.75, 3.05) is 11.4 Å². The van der Waals surface area contributed by atoms with Crippen LogP contribution in [0.2, 0.25) is 0 Å². The molecule has 0 aliphatic heterocycles. The van der Waals surface area contributed by atoms with Crippen LogP contribution in [0.1, 0.15) is 45.1 Å². The molecule has 19 heavy (non-hydrogen) atoms. The highest BCUT2D eigenvalue weighted by Gasteiger charge is 2.24. The molecule has 0 aromatic carbocycles. The average Bonchev–Trinajstić information content (AvgIpc) is 2.89. The van der Waals surface area contributed by atoms with E-state index in [1.54, 1.807) is 0 Å². The van der Waals surface area contributed by atoms with Crippen molar-refractivity contribution in [2.45, 2.75) is 45.6 Å². The topological polar surface area (TPSA) is 42.1 Å². The van der Waals surface area contributed by atoms with E-state index >= 15 is 0 Å². The molecule has 0 radical (unpaired) electrons. The molecule has 1 heterocycles. The Hall–Kier alpha value is -1.16. The van der Waals surface area contributed by atoms with Crippen molar-refractivity contribution in [3.63, 3.8) is 0 Å². The Labute approximate surface area is 121 Å². The fourth-order valence-electron chi connectivity index (χ4n) is 2.77. The van der Waals surface area contributed by atoms with Crippen molar-refractivity contribution in [3.8, 4) is 0 Å². The van der Waals surface area contributed by atoms with Crippen LogP contribution in [0.5, 0.6) is 0 Å². The third kappa shape index (κ3) is 3.66. The predicted molar refractivity (Wildman–Crippen MR) is 84.6 cm³/mol. The summed E-state index contributed by atoms with van der Waals surface area (Å²) >= 11 is 5.06. The molecule has 2 N–H and O–H groups in total. The average molecular weight is 277 g/mol. The molecule has 1 aromatic rings. The van der Waals surface area contributed by atoms with Crippen LogP contribution >= 0.6 is 12.2 Å². The molecule has 0 amide bonds. The van der Waals surface area contributed by atoms with E-state index in [1.165, 1.54) is 25.7 Å². The van der Waals surface area contributed by atoms with E-state index in [1.807, 2.05) is 18.3 Å². The van der Waals surface area contributed by atoms with Gasteiger partial charge < -0.3 is 10.6 Å². The summed E-state index contributed by atoms with van der Waals surface area (Å²) < 4.78 is 0. The number of thiocarbonyl (C=S) groups is 1. The van der Waals surface area contributed by atoms with Crippen LogP contribution in [0.3, 0.4) is 0 Å². The second-order valence-electron chi connectivity index (χ2n) is 5.75. The summed E-state index contributed by atoms with van der Waals surface area (Å²) in [6, 6.07) is 4.54. The van der Waals surface area contributed by atoms with Crippen LogP contribution in [-0.4, -0.2) is 22.6 Å². The van der Waals surface area contributed by atoms with Gasteiger partial charge >= 0.3 is 0 Å². The molecule has 0 bridgehead atoms. The zero-order valence-electron chi connectivity index (χ0n) is 11.8. The maximum atomic E-state index is 5.72. The number of aromatic nitrogens is 1. The highest BCUT2D eigenvalue weighted by Crippen LogP contribution is 2.28. The Morgan fingerprint density at radius 3 is 2.74 bits per heavy atom. The lowest BCUT2D eigenvalue weighted by molar-refractivity contribution is 0.531. The lowest BCUT2D eigenvalue weighted by Crippen LogP contribution is -2.37. The molecular formula is C15H23N3S. The quantitative estimate of drug-likeness (QED) is 0.840. The molecule has 3 nitrogen and oxygen atoms in total. The summed E-state index contributed by atoms with van der Waals surface area (Å²) in [4.78, 5) is 7.42. The van der Waals surface area contributed by atoms with Gasteiger partial charge in [0.15, 0.2) is 0 Å². The van der Waals surface area contributed by atoms with Crippen molar-refractivity contribution < 1.29 is 0 Å².